The Morgan fingerprint density at radius 1 is 1.04 bits per heavy atom. The maximum Gasteiger partial charge on any atom is 0.416 e. The lowest BCUT2D eigenvalue weighted by Crippen LogP contribution is -2.49. The van der Waals surface area contributed by atoms with Crippen LogP contribution in [0.2, 0.25) is 0 Å². The largest absolute Gasteiger partial charge is 0.416 e. The highest BCUT2D eigenvalue weighted by atomic mass is 32.1. The van der Waals surface area contributed by atoms with Gasteiger partial charge in [0, 0.05) is 49.6 Å². The molecule has 1 amide bonds. The summed E-state index contributed by atoms with van der Waals surface area (Å²) in [5, 5.41) is 2.45. The number of hydrogen-bond donors (Lipinski definition) is 0. The van der Waals surface area contributed by atoms with Gasteiger partial charge in [0.2, 0.25) is 0 Å². The van der Waals surface area contributed by atoms with E-state index < -0.39 is 11.7 Å². The molecule has 0 spiro atoms. The molecule has 0 radical (unpaired) electrons. The minimum atomic E-state index is -4.37. The van der Waals surface area contributed by atoms with Crippen molar-refractivity contribution in [1.29, 1.82) is 0 Å². The molecule has 3 heterocycles. The van der Waals surface area contributed by atoms with Gasteiger partial charge < -0.3 is 14.4 Å². The van der Waals surface area contributed by atoms with Gasteiger partial charge in [0.05, 0.1) is 5.56 Å². The Labute approximate surface area is 163 Å². The molecule has 0 N–H and O–H groups in total. The fraction of sp³-hybridized carbons (Fsp3) is 0.263. The normalized spacial score (nSPS) is 15.1. The zero-order valence-corrected chi connectivity index (χ0v) is 15.6. The number of nitrogens with zero attached hydrogens (tertiary/aromatic N) is 4. The van der Waals surface area contributed by atoms with Gasteiger partial charge in [-0.15, -0.1) is 11.3 Å². The summed E-state index contributed by atoms with van der Waals surface area (Å²) < 4.78 is 40.6. The number of halogens is 3. The zero-order valence-electron chi connectivity index (χ0n) is 14.8. The predicted molar refractivity (Wildman–Crippen MR) is 101 cm³/mol. The smallest absolute Gasteiger partial charge is 0.368 e. The van der Waals surface area contributed by atoms with Gasteiger partial charge in [0.1, 0.15) is 5.69 Å². The number of rotatable bonds is 3. The van der Waals surface area contributed by atoms with Gasteiger partial charge in [-0.3, -0.25) is 4.79 Å². The first kappa shape index (κ1) is 18.5. The van der Waals surface area contributed by atoms with Crippen LogP contribution in [-0.2, 0) is 6.18 Å². The van der Waals surface area contributed by atoms with Gasteiger partial charge in [0.15, 0.2) is 5.13 Å². The molecular formula is C19H17F3N4OS. The molecule has 0 aliphatic carbocycles. The van der Waals surface area contributed by atoms with Crippen LogP contribution in [0.15, 0.2) is 54.2 Å². The minimum Gasteiger partial charge on any atom is -0.368 e. The van der Waals surface area contributed by atoms with E-state index in [1.165, 1.54) is 17.4 Å². The zero-order chi connectivity index (χ0) is 19.7. The number of alkyl halides is 3. The Morgan fingerprint density at radius 3 is 2.43 bits per heavy atom. The number of thiazole rings is 1. The molecule has 1 saturated heterocycles. The summed E-state index contributed by atoms with van der Waals surface area (Å²) in [4.78, 5) is 20.7. The van der Waals surface area contributed by atoms with Gasteiger partial charge in [-0.05, 0) is 30.3 Å². The van der Waals surface area contributed by atoms with E-state index in [4.69, 9.17) is 0 Å². The van der Waals surface area contributed by atoms with Crippen LogP contribution in [0.3, 0.4) is 0 Å². The molecule has 1 aliphatic heterocycles. The number of anilines is 1. The molecule has 0 unspecified atom stereocenters. The third kappa shape index (κ3) is 3.75. The first-order chi connectivity index (χ1) is 13.4. The second-order valence-corrected chi connectivity index (χ2v) is 7.27. The van der Waals surface area contributed by atoms with Crippen molar-refractivity contribution in [2.75, 3.05) is 31.1 Å². The molecular weight excluding hydrogens is 389 g/mol. The molecule has 146 valence electrons. The Morgan fingerprint density at radius 2 is 1.75 bits per heavy atom. The molecule has 0 bridgehead atoms. The molecule has 1 aliphatic rings. The Bertz CT molecular complexity index is 960. The average molecular weight is 406 g/mol. The fourth-order valence-electron chi connectivity index (χ4n) is 3.15. The summed E-state index contributed by atoms with van der Waals surface area (Å²) in [5.41, 5.74) is 0.246. The third-order valence-corrected chi connectivity index (χ3v) is 5.50. The summed E-state index contributed by atoms with van der Waals surface area (Å²) in [7, 11) is 0. The lowest BCUT2D eigenvalue weighted by Gasteiger charge is -2.36. The summed E-state index contributed by atoms with van der Waals surface area (Å²) in [5.74, 6) is -0.154. The van der Waals surface area contributed by atoms with Crippen molar-refractivity contribution in [2.24, 2.45) is 0 Å². The minimum absolute atomic E-state index is 0.154. The monoisotopic (exact) mass is 406 g/mol. The second-order valence-electron chi connectivity index (χ2n) is 6.43. The third-order valence-electron chi connectivity index (χ3n) is 4.64. The van der Waals surface area contributed by atoms with Crippen molar-refractivity contribution >= 4 is 22.9 Å². The Balaban J connectivity index is 1.41. The highest BCUT2D eigenvalue weighted by Gasteiger charge is 2.31. The quantitative estimate of drug-likeness (QED) is 0.662. The molecule has 3 aromatic rings. The average Bonchev–Trinajstić information content (AvgIpc) is 3.39. The lowest BCUT2D eigenvalue weighted by atomic mass is 10.1. The van der Waals surface area contributed by atoms with E-state index in [0.29, 0.717) is 37.6 Å². The Kier molecular flexibility index (Phi) is 4.84. The van der Waals surface area contributed by atoms with E-state index in [1.807, 2.05) is 34.0 Å². The number of amides is 1. The first-order valence-electron chi connectivity index (χ1n) is 8.72. The maximum atomic E-state index is 12.9. The lowest BCUT2D eigenvalue weighted by molar-refractivity contribution is -0.137. The molecule has 2 aromatic heterocycles. The summed E-state index contributed by atoms with van der Waals surface area (Å²) in [6.45, 7) is 1.82. The van der Waals surface area contributed by atoms with E-state index in [1.54, 1.807) is 16.3 Å². The number of carbonyl (C=O) groups is 1. The van der Waals surface area contributed by atoms with Crippen molar-refractivity contribution < 1.29 is 18.0 Å². The molecule has 1 aromatic carbocycles. The highest BCUT2D eigenvalue weighted by Crippen LogP contribution is 2.32. The number of carbonyl (C=O) groups excluding carboxylic acids is 1. The van der Waals surface area contributed by atoms with Gasteiger partial charge in [0.25, 0.3) is 5.91 Å². The number of hydrogen-bond acceptors (Lipinski definition) is 4. The molecule has 1 fully saturated rings. The van der Waals surface area contributed by atoms with Gasteiger partial charge in [-0.25, -0.2) is 4.98 Å². The van der Waals surface area contributed by atoms with E-state index in [2.05, 4.69) is 4.98 Å². The van der Waals surface area contributed by atoms with Crippen LogP contribution in [0.4, 0.5) is 18.9 Å². The topological polar surface area (TPSA) is 41.4 Å². The molecule has 28 heavy (non-hydrogen) atoms. The SMILES string of the molecule is O=C(c1csc(-n2cccc2)n1)N1CCN(c2cccc(C(F)(F)F)c2)CC1. The van der Waals surface area contributed by atoms with Gasteiger partial charge >= 0.3 is 6.18 Å². The van der Waals surface area contributed by atoms with Crippen LogP contribution in [0.25, 0.3) is 5.13 Å². The highest BCUT2D eigenvalue weighted by molar-refractivity contribution is 7.12. The molecule has 0 atom stereocenters. The standard InChI is InChI=1S/C19H17F3N4OS/c20-19(21,22)14-4-3-5-15(12-14)24-8-10-25(11-9-24)17(27)16-13-28-18(23-16)26-6-1-2-7-26/h1-7,12-13H,8-11H2. The van der Waals surface area contributed by atoms with E-state index in [0.717, 1.165) is 17.3 Å². The van der Waals surface area contributed by atoms with Crippen LogP contribution in [0.5, 0.6) is 0 Å². The first-order valence-corrected chi connectivity index (χ1v) is 9.60. The summed E-state index contributed by atoms with van der Waals surface area (Å²) in [6, 6.07) is 9.06. The van der Waals surface area contributed by atoms with Crippen LogP contribution in [-0.4, -0.2) is 46.5 Å². The molecule has 0 saturated carbocycles. The number of aromatic nitrogens is 2. The predicted octanol–water partition coefficient (Wildman–Crippen LogP) is 3.92. The van der Waals surface area contributed by atoms with Gasteiger partial charge in [-0.1, -0.05) is 6.07 Å². The number of piperazine rings is 1. The van der Waals surface area contributed by atoms with E-state index >= 15 is 0 Å². The van der Waals surface area contributed by atoms with Crippen LogP contribution in [0, 0.1) is 0 Å². The molecule has 5 nitrogen and oxygen atoms in total. The van der Waals surface area contributed by atoms with E-state index in [9.17, 15) is 18.0 Å². The van der Waals surface area contributed by atoms with Crippen LogP contribution >= 0.6 is 11.3 Å². The Hall–Kier alpha value is -2.81. The summed E-state index contributed by atoms with van der Waals surface area (Å²) in [6.07, 6.45) is -0.641. The molecule has 9 heteroatoms. The van der Waals surface area contributed by atoms with Crippen LogP contribution < -0.4 is 4.90 Å². The maximum absolute atomic E-state index is 12.9. The number of benzene rings is 1. The second kappa shape index (κ2) is 7.31. The van der Waals surface area contributed by atoms with E-state index in [-0.39, 0.29) is 5.91 Å². The van der Waals surface area contributed by atoms with Gasteiger partial charge in [-0.2, -0.15) is 13.2 Å². The molecule has 4 rings (SSSR count). The van der Waals surface area contributed by atoms with Crippen molar-refractivity contribution in [1.82, 2.24) is 14.5 Å². The van der Waals surface area contributed by atoms with Crippen molar-refractivity contribution in [3.63, 3.8) is 0 Å². The summed E-state index contributed by atoms with van der Waals surface area (Å²) >= 11 is 1.39. The van der Waals surface area contributed by atoms with Crippen molar-refractivity contribution in [2.45, 2.75) is 6.18 Å². The van der Waals surface area contributed by atoms with Crippen molar-refractivity contribution in [3.05, 3.63) is 65.4 Å². The fourth-order valence-corrected chi connectivity index (χ4v) is 3.92. The van der Waals surface area contributed by atoms with Crippen molar-refractivity contribution in [3.8, 4) is 5.13 Å². The van der Waals surface area contributed by atoms with Crippen LogP contribution in [0.1, 0.15) is 16.1 Å².